The van der Waals surface area contributed by atoms with Crippen LogP contribution < -0.4 is 4.74 Å². The number of nitrogens with one attached hydrogen (secondary N) is 1. The van der Waals surface area contributed by atoms with Crippen LogP contribution in [0.2, 0.25) is 0 Å². The Hall–Kier alpha value is -4.11. The lowest BCUT2D eigenvalue weighted by atomic mass is 9.97. The van der Waals surface area contributed by atoms with Gasteiger partial charge in [0.15, 0.2) is 0 Å². The average molecular weight is 397 g/mol. The van der Waals surface area contributed by atoms with Gasteiger partial charge in [0, 0.05) is 0 Å². The fourth-order valence-electron chi connectivity index (χ4n) is 3.50. The van der Waals surface area contributed by atoms with Gasteiger partial charge in [0.1, 0.15) is 0 Å². The van der Waals surface area contributed by atoms with Gasteiger partial charge in [0.2, 0.25) is 0 Å². The molecule has 148 valence electrons. The van der Waals surface area contributed by atoms with Crippen molar-refractivity contribution in [2.24, 2.45) is 0 Å². The summed E-state index contributed by atoms with van der Waals surface area (Å²) in [5.41, 5.74) is 6.27. The number of H-pyrrole nitrogens is 1. The molecule has 0 amide bonds. The molecule has 0 fully saturated rings. The molecule has 1 heterocycles. The van der Waals surface area contributed by atoms with E-state index in [4.69, 9.17) is 9.47 Å². The monoisotopic (exact) mass is 397 g/mol. The van der Waals surface area contributed by atoms with Crippen molar-refractivity contribution in [3.8, 4) is 23.2 Å². The Balaban J connectivity index is 1.69. The number of methoxy groups -OCH3 is 2. The van der Waals surface area contributed by atoms with E-state index in [1.54, 1.807) is 6.07 Å². The first-order chi connectivity index (χ1) is 14.6. The van der Waals surface area contributed by atoms with E-state index >= 15 is 0 Å². The van der Waals surface area contributed by atoms with Crippen LogP contribution in [0.25, 0.3) is 22.2 Å². The minimum absolute atomic E-state index is 0.339. The van der Waals surface area contributed by atoms with Gasteiger partial charge in [0.25, 0.3) is 6.01 Å². The summed E-state index contributed by atoms with van der Waals surface area (Å²) in [5, 5.41) is 9.33. The van der Waals surface area contributed by atoms with Crippen molar-refractivity contribution in [2.75, 3.05) is 14.2 Å². The number of esters is 1. The van der Waals surface area contributed by atoms with Crippen LogP contribution in [-0.4, -0.2) is 30.2 Å². The predicted molar refractivity (Wildman–Crippen MR) is 113 cm³/mol. The summed E-state index contributed by atoms with van der Waals surface area (Å²) in [4.78, 5) is 19.6. The third-order valence-corrected chi connectivity index (χ3v) is 5.01. The maximum absolute atomic E-state index is 12.1. The number of ether oxygens (including phenoxy) is 2. The molecule has 0 spiro atoms. The average Bonchev–Trinajstić information content (AvgIpc) is 3.24. The lowest BCUT2D eigenvalue weighted by Gasteiger charge is -2.08. The minimum atomic E-state index is -0.432. The van der Waals surface area contributed by atoms with Gasteiger partial charge in [-0.2, -0.15) is 10.2 Å². The van der Waals surface area contributed by atoms with Crippen molar-refractivity contribution in [1.82, 2.24) is 9.97 Å². The zero-order valence-corrected chi connectivity index (χ0v) is 16.6. The van der Waals surface area contributed by atoms with Gasteiger partial charge in [-0.15, -0.1) is 0 Å². The number of hydrogen-bond donors (Lipinski definition) is 1. The minimum Gasteiger partial charge on any atom is -0.468 e. The second-order valence-electron chi connectivity index (χ2n) is 6.76. The van der Waals surface area contributed by atoms with Crippen LogP contribution in [0.4, 0.5) is 0 Å². The van der Waals surface area contributed by atoms with Crippen LogP contribution >= 0.6 is 0 Å². The normalized spacial score (nSPS) is 10.6. The van der Waals surface area contributed by atoms with Crippen molar-refractivity contribution in [2.45, 2.75) is 6.42 Å². The first-order valence-corrected chi connectivity index (χ1v) is 9.37. The van der Waals surface area contributed by atoms with Gasteiger partial charge in [0.05, 0.1) is 42.4 Å². The summed E-state index contributed by atoms with van der Waals surface area (Å²) in [6.07, 6.45) is 0.631. The second kappa shape index (κ2) is 8.10. The first-order valence-electron chi connectivity index (χ1n) is 9.37. The Morgan fingerprint density at radius 1 is 1.07 bits per heavy atom. The first kappa shape index (κ1) is 19.2. The number of nitrogens with zero attached hydrogens (tertiary/aromatic N) is 2. The SMILES string of the molecule is COC(=O)c1ccc(Cc2ccc(-c3ccccc3C#N)cc2)c2nc(OC)[nH]c12. The van der Waals surface area contributed by atoms with E-state index in [9.17, 15) is 10.1 Å². The molecule has 1 N–H and O–H groups in total. The Labute approximate surface area is 173 Å². The Kier molecular flexibility index (Phi) is 5.19. The number of carbonyl (C=O) groups excluding carboxylic acids is 1. The molecular weight excluding hydrogens is 378 g/mol. The van der Waals surface area contributed by atoms with E-state index in [0.29, 0.717) is 34.6 Å². The van der Waals surface area contributed by atoms with Crippen LogP contribution in [0.5, 0.6) is 6.01 Å². The molecular formula is C24H19N3O3. The van der Waals surface area contributed by atoms with Gasteiger partial charge in [-0.3, -0.25) is 0 Å². The summed E-state index contributed by atoms with van der Waals surface area (Å²) in [6.45, 7) is 0. The van der Waals surface area contributed by atoms with E-state index in [1.165, 1.54) is 14.2 Å². The Morgan fingerprint density at radius 3 is 2.53 bits per heavy atom. The highest BCUT2D eigenvalue weighted by Crippen LogP contribution is 2.28. The summed E-state index contributed by atoms with van der Waals surface area (Å²) in [5.74, 6) is -0.432. The van der Waals surface area contributed by atoms with E-state index < -0.39 is 5.97 Å². The molecule has 0 aliphatic rings. The third-order valence-electron chi connectivity index (χ3n) is 5.01. The maximum Gasteiger partial charge on any atom is 0.340 e. The summed E-state index contributed by atoms with van der Waals surface area (Å²) in [7, 11) is 2.87. The molecule has 0 aliphatic heterocycles. The zero-order chi connectivity index (χ0) is 21.1. The van der Waals surface area contributed by atoms with Crippen molar-refractivity contribution in [1.29, 1.82) is 5.26 Å². The van der Waals surface area contributed by atoms with E-state index in [-0.39, 0.29) is 0 Å². The molecule has 4 rings (SSSR count). The van der Waals surface area contributed by atoms with Crippen molar-refractivity contribution < 1.29 is 14.3 Å². The number of carbonyl (C=O) groups is 1. The molecule has 0 atom stereocenters. The van der Waals surface area contributed by atoms with Crippen molar-refractivity contribution >= 4 is 17.0 Å². The fourth-order valence-corrected chi connectivity index (χ4v) is 3.50. The standard InChI is InChI=1S/C24H19N3O3/c1-29-23(28)20-12-11-17(21-22(20)27-24(26-21)30-2)13-15-7-9-16(10-8-15)19-6-4-3-5-18(19)14-25/h3-12H,13H2,1-2H3,(H,26,27). The topological polar surface area (TPSA) is 88.0 Å². The molecule has 0 aliphatic carbocycles. The molecule has 0 radical (unpaired) electrons. The van der Waals surface area contributed by atoms with Crippen LogP contribution in [0, 0.1) is 11.3 Å². The number of aromatic nitrogens is 2. The van der Waals surface area contributed by atoms with Gasteiger partial charge < -0.3 is 14.5 Å². The van der Waals surface area contributed by atoms with Gasteiger partial charge in [-0.05, 0) is 40.8 Å². The molecule has 6 nitrogen and oxygen atoms in total. The maximum atomic E-state index is 12.1. The van der Waals surface area contributed by atoms with E-state index in [1.807, 2.05) is 54.6 Å². The van der Waals surface area contributed by atoms with Crippen LogP contribution in [0.15, 0.2) is 60.7 Å². The zero-order valence-electron chi connectivity index (χ0n) is 16.6. The summed E-state index contributed by atoms with van der Waals surface area (Å²) >= 11 is 0. The molecule has 4 aromatic rings. The highest BCUT2D eigenvalue weighted by atomic mass is 16.5. The number of nitriles is 1. The largest absolute Gasteiger partial charge is 0.468 e. The number of rotatable bonds is 5. The van der Waals surface area contributed by atoms with Crippen molar-refractivity contribution in [3.63, 3.8) is 0 Å². The highest BCUT2D eigenvalue weighted by Gasteiger charge is 2.17. The number of benzene rings is 3. The predicted octanol–water partition coefficient (Wildman–Crippen LogP) is 4.49. The van der Waals surface area contributed by atoms with E-state index in [0.717, 1.165) is 22.3 Å². The summed E-state index contributed by atoms with van der Waals surface area (Å²) < 4.78 is 10.1. The van der Waals surface area contributed by atoms with Crippen LogP contribution in [0.1, 0.15) is 27.0 Å². The van der Waals surface area contributed by atoms with Gasteiger partial charge >= 0.3 is 5.97 Å². The number of imidazole rings is 1. The molecule has 6 heteroatoms. The van der Waals surface area contributed by atoms with Gasteiger partial charge in [-0.1, -0.05) is 48.5 Å². The molecule has 1 aromatic heterocycles. The molecule has 0 bridgehead atoms. The molecule has 3 aromatic carbocycles. The molecule has 30 heavy (non-hydrogen) atoms. The van der Waals surface area contributed by atoms with Crippen molar-refractivity contribution in [3.05, 3.63) is 82.9 Å². The highest BCUT2D eigenvalue weighted by molar-refractivity contribution is 6.03. The molecule has 0 unspecified atom stereocenters. The number of fused-ring (bicyclic) bond motifs is 1. The number of aromatic amines is 1. The quantitative estimate of drug-likeness (QED) is 0.501. The van der Waals surface area contributed by atoms with Crippen LogP contribution in [-0.2, 0) is 11.2 Å². The Morgan fingerprint density at radius 2 is 1.83 bits per heavy atom. The second-order valence-corrected chi connectivity index (χ2v) is 6.76. The molecule has 0 saturated carbocycles. The number of hydrogen-bond acceptors (Lipinski definition) is 5. The third kappa shape index (κ3) is 3.49. The van der Waals surface area contributed by atoms with Gasteiger partial charge in [-0.25, -0.2) is 4.79 Å². The summed E-state index contributed by atoms with van der Waals surface area (Å²) in [6, 6.07) is 21.8. The van der Waals surface area contributed by atoms with E-state index in [2.05, 4.69) is 16.0 Å². The molecule has 0 saturated heterocycles. The Bertz CT molecular complexity index is 1270. The fraction of sp³-hybridized carbons (Fsp3) is 0.125. The van der Waals surface area contributed by atoms with Crippen LogP contribution in [0.3, 0.4) is 0 Å². The lowest BCUT2D eigenvalue weighted by molar-refractivity contribution is 0.0603. The lowest BCUT2D eigenvalue weighted by Crippen LogP contribution is -2.03. The smallest absolute Gasteiger partial charge is 0.340 e.